The van der Waals surface area contributed by atoms with Crippen molar-refractivity contribution in [2.45, 2.75) is 25.2 Å². The van der Waals surface area contributed by atoms with Crippen LogP contribution in [0.5, 0.6) is 0 Å². The Morgan fingerprint density at radius 1 is 1.32 bits per heavy atom. The van der Waals surface area contributed by atoms with Crippen LogP contribution in [-0.4, -0.2) is 15.7 Å². The summed E-state index contributed by atoms with van der Waals surface area (Å²) < 4.78 is 28.2. The predicted molar refractivity (Wildman–Crippen MR) is 80.1 cm³/mol. The highest BCUT2D eigenvalue weighted by atomic mass is 19.3. The Labute approximate surface area is 127 Å². The number of halogens is 2. The average Bonchev–Trinajstić information content (AvgIpc) is 2.93. The lowest BCUT2D eigenvalue weighted by atomic mass is 9.89. The van der Waals surface area contributed by atoms with E-state index in [0.717, 1.165) is 16.7 Å². The molecule has 0 fully saturated rings. The van der Waals surface area contributed by atoms with Crippen molar-refractivity contribution >= 4 is 5.57 Å². The van der Waals surface area contributed by atoms with Gasteiger partial charge in [0.2, 0.25) is 0 Å². The van der Waals surface area contributed by atoms with E-state index >= 15 is 0 Å². The molecule has 112 valence electrons. The van der Waals surface area contributed by atoms with Crippen LogP contribution >= 0.6 is 0 Å². The minimum atomic E-state index is -2.60. The quantitative estimate of drug-likeness (QED) is 0.835. The minimum absolute atomic E-state index is 0.127. The van der Waals surface area contributed by atoms with Crippen molar-refractivity contribution in [3.8, 4) is 17.3 Å². The standard InChI is InChI=1S/C17H15F2N3/c1-22-9-6-16(21-22)15-10-13(2-3-14(15)11-20)12-4-7-17(18,19)8-5-12/h2-4,6,9-10H,5,7-8H2,1H3. The summed E-state index contributed by atoms with van der Waals surface area (Å²) in [5.41, 5.74) is 3.77. The zero-order chi connectivity index (χ0) is 15.7. The van der Waals surface area contributed by atoms with Crippen molar-refractivity contribution in [3.63, 3.8) is 0 Å². The average molecular weight is 299 g/mol. The largest absolute Gasteiger partial charge is 0.275 e. The van der Waals surface area contributed by atoms with Crippen LogP contribution in [0.3, 0.4) is 0 Å². The molecule has 0 atom stereocenters. The molecule has 0 spiro atoms. The fourth-order valence-electron chi connectivity index (χ4n) is 2.67. The van der Waals surface area contributed by atoms with E-state index in [9.17, 15) is 14.0 Å². The van der Waals surface area contributed by atoms with E-state index in [4.69, 9.17) is 0 Å². The number of aryl methyl sites for hydroxylation is 1. The molecule has 1 aliphatic rings. The molecule has 0 bridgehead atoms. The van der Waals surface area contributed by atoms with Crippen LogP contribution in [0.1, 0.15) is 30.4 Å². The summed E-state index contributed by atoms with van der Waals surface area (Å²) in [6, 6.07) is 9.41. The molecule has 1 heterocycles. The van der Waals surface area contributed by atoms with Gasteiger partial charge in [-0.15, -0.1) is 0 Å². The highest BCUT2D eigenvalue weighted by molar-refractivity contribution is 5.75. The Hall–Kier alpha value is -2.48. The van der Waals surface area contributed by atoms with Crippen LogP contribution in [-0.2, 0) is 7.05 Å². The Morgan fingerprint density at radius 3 is 2.73 bits per heavy atom. The van der Waals surface area contributed by atoms with E-state index in [0.29, 0.717) is 17.7 Å². The number of rotatable bonds is 2. The maximum atomic E-state index is 13.3. The molecule has 0 saturated heterocycles. The molecule has 3 nitrogen and oxygen atoms in total. The molecular formula is C17H15F2N3. The van der Waals surface area contributed by atoms with Gasteiger partial charge in [-0.1, -0.05) is 12.1 Å². The minimum Gasteiger partial charge on any atom is -0.275 e. The SMILES string of the molecule is Cn1ccc(-c2cc(C3=CCC(F)(F)CC3)ccc2C#N)n1. The van der Waals surface area contributed by atoms with Crippen molar-refractivity contribution in [2.24, 2.45) is 7.05 Å². The lowest BCUT2D eigenvalue weighted by Gasteiger charge is -2.22. The molecule has 0 radical (unpaired) electrons. The molecule has 3 rings (SSSR count). The molecule has 1 aliphatic carbocycles. The lowest BCUT2D eigenvalue weighted by Crippen LogP contribution is -2.18. The van der Waals surface area contributed by atoms with Gasteiger partial charge in [0.05, 0.1) is 17.3 Å². The maximum Gasteiger partial charge on any atom is 0.251 e. The van der Waals surface area contributed by atoms with Crippen LogP contribution in [0, 0.1) is 11.3 Å². The fraction of sp³-hybridized carbons (Fsp3) is 0.294. The molecule has 5 heteroatoms. The summed E-state index contributed by atoms with van der Waals surface area (Å²) in [7, 11) is 1.81. The van der Waals surface area contributed by atoms with Gasteiger partial charge in [-0.2, -0.15) is 10.4 Å². The predicted octanol–water partition coefficient (Wildman–Crippen LogP) is 4.16. The summed E-state index contributed by atoms with van der Waals surface area (Å²) >= 11 is 0. The molecular weight excluding hydrogens is 284 g/mol. The second-order valence-electron chi connectivity index (χ2n) is 5.54. The molecule has 22 heavy (non-hydrogen) atoms. The molecule has 0 saturated carbocycles. The van der Waals surface area contributed by atoms with Crippen molar-refractivity contribution < 1.29 is 8.78 Å². The number of benzene rings is 1. The molecule has 2 aromatic rings. The van der Waals surface area contributed by atoms with Gasteiger partial charge < -0.3 is 0 Å². The molecule has 0 amide bonds. The first-order valence-electron chi connectivity index (χ1n) is 7.10. The molecule has 0 aliphatic heterocycles. The van der Waals surface area contributed by atoms with E-state index in [2.05, 4.69) is 11.2 Å². The summed E-state index contributed by atoms with van der Waals surface area (Å²) in [6.45, 7) is 0. The van der Waals surface area contributed by atoms with Gasteiger partial charge in [-0.3, -0.25) is 4.68 Å². The van der Waals surface area contributed by atoms with Gasteiger partial charge in [0, 0.05) is 31.6 Å². The Kier molecular flexibility index (Phi) is 3.53. The second kappa shape index (κ2) is 5.38. The Morgan fingerprint density at radius 2 is 2.14 bits per heavy atom. The number of nitriles is 1. The summed E-state index contributed by atoms with van der Waals surface area (Å²) in [5.74, 6) is -2.60. The van der Waals surface area contributed by atoms with E-state index in [1.807, 2.05) is 31.4 Å². The number of hydrogen-bond donors (Lipinski definition) is 0. The zero-order valence-corrected chi connectivity index (χ0v) is 12.2. The second-order valence-corrected chi connectivity index (χ2v) is 5.54. The molecule has 0 N–H and O–H groups in total. The topological polar surface area (TPSA) is 41.6 Å². The number of aromatic nitrogens is 2. The maximum absolute atomic E-state index is 13.3. The van der Waals surface area contributed by atoms with Crippen LogP contribution < -0.4 is 0 Å². The van der Waals surface area contributed by atoms with Crippen molar-refractivity contribution in [3.05, 3.63) is 47.7 Å². The Balaban J connectivity index is 2.02. The Bertz CT molecular complexity index is 781. The van der Waals surface area contributed by atoms with Crippen LogP contribution in [0.4, 0.5) is 8.78 Å². The number of allylic oxidation sites excluding steroid dienone is 2. The third-order valence-electron chi connectivity index (χ3n) is 3.91. The van der Waals surface area contributed by atoms with E-state index in [1.165, 1.54) is 0 Å². The smallest absolute Gasteiger partial charge is 0.251 e. The van der Waals surface area contributed by atoms with Crippen molar-refractivity contribution in [1.29, 1.82) is 5.26 Å². The highest BCUT2D eigenvalue weighted by Crippen LogP contribution is 2.37. The highest BCUT2D eigenvalue weighted by Gasteiger charge is 2.31. The summed E-state index contributed by atoms with van der Waals surface area (Å²) in [4.78, 5) is 0. The van der Waals surface area contributed by atoms with E-state index < -0.39 is 5.92 Å². The van der Waals surface area contributed by atoms with Gasteiger partial charge in [0.1, 0.15) is 0 Å². The first kappa shape index (κ1) is 14.5. The van der Waals surface area contributed by atoms with Gasteiger partial charge >= 0.3 is 0 Å². The number of hydrogen-bond acceptors (Lipinski definition) is 2. The number of nitrogens with zero attached hydrogens (tertiary/aromatic N) is 3. The van der Waals surface area contributed by atoms with Crippen LogP contribution in [0.15, 0.2) is 36.5 Å². The first-order valence-corrected chi connectivity index (χ1v) is 7.10. The van der Waals surface area contributed by atoms with E-state index in [1.54, 1.807) is 16.8 Å². The van der Waals surface area contributed by atoms with Crippen LogP contribution in [0.25, 0.3) is 16.8 Å². The van der Waals surface area contributed by atoms with Crippen molar-refractivity contribution in [2.75, 3.05) is 0 Å². The number of alkyl halides is 2. The zero-order valence-electron chi connectivity index (χ0n) is 12.2. The van der Waals surface area contributed by atoms with Crippen molar-refractivity contribution in [1.82, 2.24) is 9.78 Å². The molecule has 1 aromatic heterocycles. The third-order valence-corrected chi connectivity index (χ3v) is 3.91. The summed E-state index contributed by atoms with van der Waals surface area (Å²) in [5, 5.41) is 13.6. The van der Waals surface area contributed by atoms with Gasteiger partial charge in [-0.05, 0) is 35.8 Å². The summed E-state index contributed by atoms with van der Waals surface area (Å²) in [6.07, 6.45) is 3.41. The molecule has 0 unspecified atom stereocenters. The lowest BCUT2D eigenvalue weighted by molar-refractivity contribution is -0.00602. The fourth-order valence-corrected chi connectivity index (χ4v) is 2.67. The normalized spacial score (nSPS) is 16.9. The molecule has 1 aromatic carbocycles. The van der Waals surface area contributed by atoms with Crippen LogP contribution in [0.2, 0.25) is 0 Å². The van der Waals surface area contributed by atoms with Gasteiger partial charge in [0.15, 0.2) is 0 Å². The van der Waals surface area contributed by atoms with E-state index in [-0.39, 0.29) is 12.8 Å². The first-order chi connectivity index (χ1) is 10.5. The van der Waals surface area contributed by atoms with Gasteiger partial charge in [-0.25, -0.2) is 8.78 Å². The monoisotopic (exact) mass is 299 g/mol. The van der Waals surface area contributed by atoms with Gasteiger partial charge in [0.25, 0.3) is 5.92 Å². The third kappa shape index (κ3) is 2.77.